The number of allylic oxidation sites excluding steroid dienone is 4. The maximum absolute atomic E-state index is 10.9. The Kier molecular flexibility index (Phi) is 2.09. The van der Waals surface area contributed by atoms with E-state index in [1.54, 1.807) is 6.08 Å². The number of ketones is 1. The maximum atomic E-state index is 10.9. The lowest BCUT2D eigenvalue weighted by Gasteiger charge is -2.05. The summed E-state index contributed by atoms with van der Waals surface area (Å²) < 4.78 is 0. The molecule has 0 radical (unpaired) electrons. The molecular weight excluding hydrogens is 160 g/mol. The number of hydrogen-bond donors (Lipinski definition) is 0. The summed E-state index contributed by atoms with van der Waals surface area (Å²) in [5.74, 6) is 0.180. The van der Waals surface area contributed by atoms with Crippen molar-refractivity contribution in [3.63, 3.8) is 0 Å². The molecule has 1 aliphatic carbocycles. The SMILES string of the molecule is O=C1C=CC(c2ccccc2)=CC1. The third-order valence-electron chi connectivity index (χ3n) is 2.08. The first-order chi connectivity index (χ1) is 6.36. The number of hydrogen-bond acceptors (Lipinski definition) is 1. The van der Waals surface area contributed by atoms with Gasteiger partial charge in [-0.15, -0.1) is 0 Å². The molecule has 0 bridgehead atoms. The van der Waals surface area contributed by atoms with Crippen molar-refractivity contribution in [2.75, 3.05) is 0 Å². The van der Waals surface area contributed by atoms with Gasteiger partial charge >= 0.3 is 0 Å². The Balaban J connectivity index is 2.30. The molecule has 1 aromatic carbocycles. The van der Waals surface area contributed by atoms with Crippen LogP contribution in [0, 0.1) is 0 Å². The molecule has 1 nitrogen and oxygen atoms in total. The van der Waals surface area contributed by atoms with E-state index in [0.717, 1.165) is 5.57 Å². The van der Waals surface area contributed by atoms with Gasteiger partial charge in [0.2, 0.25) is 0 Å². The van der Waals surface area contributed by atoms with Crippen molar-refractivity contribution in [2.24, 2.45) is 0 Å². The highest BCUT2D eigenvalue weighted by atomic mass is 16.1. The minimum atomic E-state index is 0.180. The van der Waals surface area contributed by atoms with Gasteiger partial charge in [-0.3, -0.25) is 4.79 Å². The van der Waals surface area contributed by atoms with Crippen LogP contribution in [0.5, 0.6) is 0 Å². The highest BCUT2D eigenvalue weighted by Crippen LogP contribution is 2.19. The lowest BCUT2D eigenvalue weighted by atomic mass is 9.99. The first-order valence-electron chi connectivity index (χ1n) is 4.33. The van der Waals surface area contributed by atoms with Crippen molar-refractivity contribution in [1.82, 2.24) is 0 Å². The molecule has 0 unspecified atom stereocenters. The number of carbonyl (C=O) groups excluding carboxylic acids is 1. The summed E-state index contributed by atoms with van der Waals surface area (Å²) in [7, 11) is 0. The largest absolute Gasteiger partial charge is 0.295 e. The zero-order valence-corrected chi connectivity index (χ0v) is 7.23. The van der Waals surface area contributed by atoms with Crippen LogP contribution in [0.2, 0.25) is 0 Å². The smallest absolute Gasteiger partial charge is 0.159 e. The van der Waals surface area contributed by atoms with Crippen molar-refractivity contribution in [3.05, 3.63) is 54.1 Å². The second-order valence-electron chi connectivity index (χ2n) is 3.03. The molecule has 0 aromatic heterocycles. The van der Waals surface area contributed by atoms with Crippen molar-refractivity contribution in [1.29, 1.82) is 0 Å². The average molecular weight is 170 g/mol. The molecule has 1 aliphatic rings. The maximum Gasteiger partial charge on any atom is 0.159 e. The van der Waals surface area contributed by atoms with Gasteiger partial charge < -0.3 is 0 Å². The van der Waals surface area contributed by atoms with E-state index >= 15 is 0 Å². The summed E-state index contributed by atoms with van der Waals surface area (Å²) in [6.45, 7) is 0. The number of benzene rings is 1. The van der Waals surface area contributed by atoms with Crippen LogP contribution in [0.4, 0.5) is 0 Å². The summed E-state index contributed by atoms with van der Waals surface area (Å²) in [5.41, 5.74) is 2.31. The highest BCUT2D eigenvalue weighted by molar-refractivity contribution is 5.97. The molecule has 0 saturated carbocycles. The molecule has 0 amide bonds. The fourth-order valence-corrected chi connectivity index (χ4v) is 1.37. The fraction of sp³-hybridized carbons (Fsp3) is 0.0833. The lowest BCUT2D eigenvalue weighted by molar-refractivity contribution is -0.113. The summed E-state index contributed by atoms with van der Waals surface area (Å²) in [6.07, 6.45) is 6.02. The Morgan fingerprint density at radius 3 is 2.38 bits per heavy atom. The van der Waals surface area contributed by atoms with Crippen LogP contribution >= 0.6 is 0 Å². The molecule has 0 aliphatic heterocycles. The standard InChI is InChI=1S/C12H10O/c13-12-8-6-11(7-9-12)10-4-2-1-3-5-10/h1-8H,9H2. The van der Waals surface area contributed by atoms with Crippen LogP contribution < -0.4 is 0 Å². The highest BCUT2D eigenvalue weighted by Gasteiger charge is 2.04. The first-order valence-corrected chi connectivity index (χ1v) is 4.33. The van der Waals surface area contributed by atoms with Crippen LogP contribution in [0.1, 0.15) is 12.0 Å². The van der Waals surface area contributed by atoms with E-state index in [1.807, 2.05) is 42.5 Å². The summed E-state index contributed by atoms with van der Waals surface area (Å²) in [6, 6.07) is 10.1. The normalized spacial score (nSPS) is 15.7. The van der Waals surface area contributed by atoms with Crippen LogP contribution in [0.15, 0.2) is 48.6 Å². The molecule has 0 saturated heterocycles. The van der Waals surface area contributed by atoms with E-state index in [2.05, 4.69) is 0 Å². The zero-order valence-electron chi connectivity index (χ0n) is 7.23. The summed E-state index contributed by atoms with van der Waals surface area (Å²) >= 11 is 0. The van der Waals surface area contributed by atoms with E-state index in [4.69, 9.17) is 0 Å². The molecular formula is C12H10O. The Hall–Kier alpha value is -1.63. The topological polar surface area (TPSA) is 17.1 Å². The van der Waals surface area contributed by atoms with Crippen LogP contribution in [-0.2, 0) is 4.79 Å². The Bertz CT molecular complexity index is 371. The van der Waals surface area contributed by atoms with E-state index < -0.39 is 0 Å². The molecule has 64 valence electrons. The first kappa shape index (κ1) is 7.99. The summed E-state index contributed by atoms with van der Waals surface area (Å²) in [4.78, 5) is 10.9. The molecule has 0 fully saturated rings. The van der Waals surface area contributed by atoms with Crippen LogP contribution in [-0.4, -0.2) is 5.78 Å². The van der Waals surface area contributed by atoms with Gasteiger partial charge in [-0.25, -0.2) is 0 Å². The van der Waals surface area contributed by atoms with Gasteiger partial charge in [0.15, 0.2) is 5.78 Å². The molecule has 2 rings (SSSR count). The van der Waals surface area contributed by atoms with Gasteiger partial charge in [0.1, 0.15) is 0 Å². The van der Waals surface area contributed by atoms with E-state index in [0.29, 0.717) is 6.42 Å². The van der Waals surface area contributed by atoms with Gasteiger partial charge in [0.25, 0.3) is 0 Å². The molecule has 0 heterocycles. The van der Waals surface area contributed by atoms with Gasteiger partial charge in [0, 0.05) is 6.42 Å². The molecule has 1 aromatic rings. The van der Waals surface area contributed by atoms with Crippen LogP contribution in [0.25, 0.3) is 5.57 Å². The molecule has 0 spiro atoms. The Morgan fingerprint density at radius 1 is 1.00 bits per heavy atom. The second kappa shape index (κ2) is 3.40. The van der Waals surface area contributed by atoms with Crippen molar-refractivity contribution in [3.8, 4) is 0 Å². The molecule has 0 N–H and O–H groups in total. The van der Waals surface area contributed by atoms with Gasteiger partial charge in [-0.05, 0) is 17.2 Å². The number of rotatable bonds is 1. The number of carbonyl (C=O) groups is 1. The van der Waals surface area contributed by atoms with Gasteiger partial charge in [-0.2, -0.15) is 0 Å². The minimum absolute atomic E-state index is 0.180. The van der Waals surface area contributed by atoms with Gasteiger partial charge in [0.05, 0.1) is 0 Å². The predicted molar refractivity (Wildman–Crippen MR) is 53.2 cm³/mol. The van der Waals surface area contributed by atoms with Crippen LogP contribution in [0.3, 0.4) is 0 Å². The van der Waals surface area contributed by atoms with E-state index in [9.17, 15) is 4.79 Å². The second-order valence-corrected chi connectivity index (χ2v) is 3.03. The Labute approximate surface area is 77.4 Å². The fourth-order valence-electron chi connectivity index (χ4n) is 1.37. The predicted octanol–water partition coefficient (Wildman–Crippen LogP) is 2.60. The van der Waals surface area contributed by atoms with E-state index in [1.165, 1.54) is 5.56 Å². The quantitative estimate of drug-likeness (QED) is 0.633. The minimum Gasteiger partial charge on any atom is -0.295 e. The van der Waals surface area contributed by atoms with Crippen molar-refractivity contribution < 1.29 is 4.79 Å². The average Bonchev–Trinajstić information content (AvgIpc) is 2.20. The van der Waals surface area contributed by atoms with Crippen molar-refractivity contribution >= 4 is 11.4 Å². The third-order valence-corrected chi connectivity index (χ3v) is 2.08. The monoisotopic (exact) mass is 170 g/mol. The van der Waals surface area contributed by atoms with Crippen molar-refractivity contribution in [2.45, 2.75) is 6.42 Å². The van der Waals surface area contributed by atoms with Gasteiger partial charge in [-0.1, -0.05) is 42.5 Å². The molecule has 13 heavy (non-hydrogen) atoms. The molecule has 1 heteroatoms. The third kappa shape index (κ3) is 1.75. The van der Waals surface area contributed by atoms with E-state index in [-0.39, 0.29) is 5.78 Å². The lowest BCUT2D eigenvalue weighted by Crippen LogP contribution is -1.95. The summed E-state index contributed by atoms with van der Waals surface area (Å²) in [5, 5.41) is 0. The Morgan fingerprint density at radius 2 is 1.77 bits per heavy atom. The molecule has 0 atom stereocenters. The zero-order chi connectivity index (χ0) is 9.10.